The molecule has 7 nitrogen and oxygen atoms in total. The molecule has 96 valence electrons. The van der Waals surface area contributed by atoms with Crippen molar-refractivity contribution in [3.05, 3.63) is 27.9 Å². The van der Waals surface area contributed by atoms with E-state index in [0.717, 1.165) is 12.3 Å². The highest BCUT2D eigenvalue weighted by atomic mass is 16.6. The Hall–Kier alpha value is -2.20. The molecule has 0 aliphatic heterocycles. The minimum absolute atomic E-state index is 0.0797. The smallest absolute Gasteiger partial charge is 0.289 e. The van der Waals surface area contributed by atoms with Gasteiger partial charge in [0.15, 0.2) is 0 Å². The number of rotatable bonds is 5. The predicted molar refractivity (Wildman–Crippen MR) is 65.0 cm³/mol. The molecule has 1 unspecified atom stereocenters. The average Bonchev–Trinajstić information content (AvgIpc) is 2.36. The fourth-order valence-corrected chi connectivity index (χ4v) is 1.18. The normalized spacial score (nSPS) is 13.4. The van der Waals surface area contributed by atoms with Crippen molar-refractivity contribution in [3.63, 3.8) is 0 Å². The third-order valence-electron chi connectivity index (χ3n) is 2.60. The molecule has 18 heavy (non-hydrogen) atoms. The van der Waals surface area contributed by atoms with Gasteiger partial charge in [0.1, 0.15) is 23.6 Å². The van der Waals surface area contributed by atoms with Crippen molar-refractivity contribution in [3.8, 4) is 6.07 Å². The van der Waals surface area contributed by atoms with E-state index < -0.39 is 10.5 Å². The molecule has 0 fully saturated rings. The molecule has 2 N–H and O–H groups in total. The van der Waals surface area contributed by atoms with Gasteiger partial charge in [-0.15, -0.1) is 0 Å². The number of nitriles is 1. The van der Waals surface area contributed by atoms with Crippen LogP contribution in [0.15, 0.2) is 12.3 Å². The highest BCUT2D eigenvalue weighted by Gasteiger charge is 2.19. The minimum Gasteiger partial charge on any atom is -0.388 e. The van der Waals surface area contributed by atoms with Crippen LogP contribution in [0.3, 0.4) is 0 Å². The van der Waals surface area contributed by atoms with Gasteiger partial charge in [-0.2, -0.15) is 5.26 Å². The number of nitrogens with one attached hydrogen (secondary N) is 1. The molecule has 0 saturated heterocycles. The first-order valence-corrected chi connectivity index (χ1v) is 5.40. The van der Waals surface area contributed by atoms with Crippen molar-refractivity contribution >= 4 is 11.5 Å². The summed E-state index contributed by atoms with van der Waals surface area (Å²) in [5.74, 6) is 0.233. The standard InChI is InChI=1S/C11H14N4O3/c1-3-11(2,16)7-14-10-8(5-12)4-9(6-13-10)15(17)18/h4,6,16H,3,7H2,1-2H3,(H,13,14). The lowest BCUT2D eigenvalue weighted by Crippen LogP contribution is -2.32. The summed E-state index contributed by atoms with van der Waals surface area (Å²) in [6, 6.07) is 2.98. The minimum atomic E-state index is -0.920. The lowest BCUT2D eigenvalue weighted by atomic mass is 10.0. The van der Waals surface area contributed by atoms with E-state index in [0.29, 0.717) is 6.42 Å². The van der Waals surface area contributed by atoms with Crippen LogP contribution >= 0.6 is 0 Å². The van der Waals surface area contributed by atoms with Crippen LogP contribution < -0.4 is 5.32 Å². The van der Waals surface area contributed by atoms with Gasteiger partial charge >= 0.3 is 0 Å². The zero-order chi connectivity index (χ0) is 13.8. The SMILES string of the molecule is CCC(C)(O)CNc1ncc([N+](=O)[O-])cc1C#N. The maximum absolute atomic E-state index is 10.5. The summed E-state index contributed by atoms with van der Waals surface area (Å²) in [6.07, 6.45) is 1.61. The molecule has 1 atom stereocenters. The van der Waals surface area contributed by atoms with E-state index in [1.807, 2.05) is 13.0 Å². The highest BCUT2D eigenvalue weighted by Crippen LogP contribution is 2.19. The Morgan fingerprint density at radius 2 is 2.39 bits per heavy atom. The van der Waals surface area contributed by atoms with Gasteiger partial charge in [-0.3, -0.25) is 10.1 Å². The highest BCUT2D eigenvalue weighted by molar-refractivity contribution is 5.55. The first-order chi connectivity index (χ1) is 8.39. The van der Waals surface area contributed by atoms with Crippen molar-refractivity contribution in [2.45, 2.75) is 25.9 Å². The summed E-state index contributed by atoms with van der Waals surface area (Å²) in [7, 11) is 0. The largest absolute Gasteiger partial charge is 0.388 e. The van der Waals surface area contributed by atoms with Crippen LogP contribution in [0, 0.1) is 21.4 Å². The van der Waals surface area contributed by atoms with Crippen LogP contribution in [0.5, 0.6) is 0 Å². The summed E-state index contributed by atoms with van der Waals surface area (Å²) in [6.45, 7) is 3.69. The Bertz CT molecular complexity index is 494. The van der Waals surface area contributed by atoms with Crippen LogP contribution in [0.4, 0.5) is 11.5 Å². The van der Waals surface area contributed by atoms with Gasteiger partial charge in [0.05, 0.1) is 10.5 Å². The third kappa shape index (κ3) is 3.40. The molecule has 1 aromatic heterocycles. The molecular formula is C11H14N4O3. The fourth-order valence-electron chi connectivity index (χ4n) is 1.18. The molecule has 7 heteroatoms. The molecule has 0 amide bonds. The molecule has 0 bridgehead atoms. The van der Waals surface area contributed by atoms with E-state index in [2.05, 4.69) is 10.3 Å². The molecule has 1 heterocycles. The quantitative estimate of drug-likeness (QED) is 0.604. The molecular weight excluding hydrogens is 236 g/mol. The Labute approximate surface area is 104 Å². The Morgan fingerprint density at radius 3 is 2.89 bits per heavy atom. The van der Waals surface area contributed by atoms with Crippen molar-refractivity contribution in [2.75, 3.05) is 11.9 Å². The van der Waals surface area contributed by atoms with Crippen molar-refractivity contribution < 1.29 is 10.0 Å². The second-order valence-corrected chi connectivity index (χ2v) is 4.16. The van der Waals surface area contributed by atoms with Gasteiger partial charge in [-0.1, -0.05) is 6.92 Å². The molecule has 0 saturated carbocycles. The Morgan fingerprint density at radius 1 is 1.72 bits per heavy atom. The monoisotopic (exact) mass is 250 g/mol. The van der Waals surface area contributed by atoms with E-state index in [4.69, 9.17) is 5.26 Å². The number of hydrogen-bond donors (Lipinski definition) is 2. The summed E-state index contributed by atoms with van der Waals surface area (Å²) >= 11 is 0. The molecule has 0 radical (unpaired) electrons. The van der Waals surface area contributed by atoms with Crippen LogP contribution in [-0.2, 0) is 0 Å². The topological polar surface area (TPSA) is 112 Å². The zero-order valence-corrected chi connectivity index (χ0v) is 10.2. The molecule has 0 aromatic carbocycles. The van der Waals surface area contributed by atoms with Gasteiger partial charge in [0.2, 0.25) is 0 Å². The predicted octanol–water partition coefficient (Wildman–Crippen LogP) is 1.43. The number of hydrogen-bond acceptors (Lipinski definition) is 6. The average molecular weight is 250 g/mol. The summed E-state index contributed by atoms with van der Waals surface area (Å²) in [5, 5.41) is 32.1. The fraction of sp³-hybridized carbons (Fsp3) is 0.455. The Balaban J connectivity index is 2.91. The molecule has 1 aromatic rings. The summed E-state index contributed by atoms with van der Waals surface area (Å²) in [5.41, 5.74) is -1.08. The van der Waals surface area contributed by atoms with Crippen LogP contribution in [0.25, 0.3) is 0 Å². The van der Waals surface area contributed by atoms with Gasteiger partial charge < -0.3 is 10.4 Å². The molecule has 0 aliphatic carbocycles. The Kier molecular flexibility index (Phi) is 4.18. The third-order valence-corrected chi connectivity index (χ3v) is 2.60. The summed E-state index contributed by atoms with van der Waals surface area (Å²) < 4.78 is 0. The van der Waals surface area contributed by atoms with Crippen LogP contribution in [-0.4, -0.2) is 27.2 Å². The van der Waals surface area contributed by atoms with Crippen molar-refractivity contribution in [1.82, 2.24) is 4.98 Å². The van der Waals surface area contributed by atoms with E-state index >= 15 is 0 Å². The molecule has 0 aliphatic rings. The maximum Gasteiger partial charge on any atom is 0.289 e. The maximum atomic E-state index is 10.5. The lowest BCUT2D eigenvalue weighted by Gasteiger charge is -2.22. The van der Waals surface area contributed by atoms with Gasteiger partial charge in [-0.25, -0.2) is 4.98 Å². The second kappa shape index (κ2) is 5.42. The first-order valence-electron chi connectivity index (χ1n) is 5.40. The van der Waals surface area contributed by atoms with E-state index in [9.17, 15) is 15.2 Å². The first kappa shape index (κ1) is 13.9. The van der Waals surface area contributed by atoms with Crippen LogP contribution in [0.1, 0.15) is 25.8 Å². The van der Waals surface area contributed by atoms with E-state index in [1.54, 1.807) is 6.92 Å². The van der Waals surface area contributed by atoms with Gasteiger partial charge in [0.25, 0.3) is 5.69 Å². The summed E-state index contributed by atoms with van der Waals surface area (Å²) in [4.78, 5) is 13.7. The number of aliphatic hydroxyl groups is 1. The zero-order valence-electron chi connectivity index (χ0n) is 10.2. The van der Waals surface area contributed by atoms with E-state index in [1.165, 1.54) is 0 Å². The lowest BCUT2D eigenvalue weighted by molar-refractivity contribution is -0.385. The van der Waals surface area contributed by atoms with Gasteiger partial charge in [-0.05, 0) is 13.3 Å². The van der Waals surface area contributed by atoms with Gasteiger partial charge in [0, 0.05) is 12.6 Å². The molecule has 0 spiro atoms. The number of aromatic nitrogens is 1. The van der Waals surface area contributed by atoms with Crippen molar-refractivity contribution in [2.24, 2.45) is 0 Å². The molecule has 1 rings (SSSR count). The number of nitrogens with zero attached hydrogens (tertiary/aromatic N) is 3. The van der Waals surface area contributed by atoms with Crippen LogP contribution in [0.2, 0.25) is 0 Å². The second-order valence-electron chi connectivity index (χ2n) is 4.16. The van der Waals surface area contributed by atoms with Crippen molar-refractivity contribution in [1.29, 1.82) is 5.26 Å². The number of pyridine rings is 1. The number of nitro groups is 1. The van der Waals surface area contributed by atoms with E-state index in [-0.39, 0.29) is 23.6 Å². The number of anilines is 1.